The van der Waals surface area contributed by atoms with E-state index in [-0.39, 0.29) is 40.0 Å². The highest BCUT2D eigenvalue weighted by molar-refractivity contribution is 7.93. The molecular formula is C27H29FN2O8S. The van der Waals surface area contributed by atoms with Crippen molar-refractivity contribution in [3.8, 4) is 5.75 Å². The molecule has 1 saturated carbocycles. The maximum absolute atomic E-state index is 14.2. The Morgan fingerprint density at radius 3 is 2.77 bits per heavy atom. The number of hydrogen-bond donors (Lipinski definition) is 2. The molecule has 3 aliphatic rings. The van der Waals surface area contributed by atoms with Crippen LogP contribution in [-0.2, 0) is 14.8 Å². The molecule has 5 rings (SSSR count). The number of aromatic carboxylic acids is 1. The van der Waals surface area contributed by atoms with Crippen LogP contribution >= 0.6 is 0 Å². The highest BCUT2D eigenvalue weighted by atomic mass is 32.2. The fourth-order valence-electron chi connectivity index (χ4n) is 5.36. The maximum Gasteiger partial charge on any atom is 0.428 e. The normalized spacial score (nSPS) is 22.2. The van der Waals surface area contributed by atoms with Crippen LogP contribution in [-0.4, -0.2) is 75.6 Å². The molecule has 2 aliphatic heterocycles. The number of carbonyl (C=O) groups is 2. The topological polar surface area (TPSA) is 134 Å². The lowest BCUT2D eigenvalue weighted by molar-refractivity contribution is 0.0692. The second-order valence-corrected chi connectivity index (χ2v) is 11.8. The van der Waals surface area contributed by atoms with Crippen molar-refractivity contribution in [3.05, 3.63) is 58.9 Å². The van der Waals surface area contributed by atoms with E-state index in [1.165, 1.54) is 12.1 Å². The van der Waals surface area contributed by atoms with E-state index in [4.69, 9.17) is 9.47 Å². The molecule has 2 aromatic rings. The van der Waals surface area contributed by atoms with E-state index in [1.54, 1.807) is 12.1 Å². The molecule has 0 unspecified atom stereocenters. The quantitative estimate of drug-likeness (QED) is 0.499. The zero-order valence-corrected chi connectivity index (χ0v) is 22.1. The summed E-state index contributed by atoms with van der Waals surface area (Å²) in [6, 6.07) is 5.86. The number of benzene rings is 2. The number of aliphatic hydroxyl groups is 1. The summed E-state index contributed by atoms with van der Waals surface area (Å²) in [5.41, 5.74) is -0.254. The molecule has 2 N–H and O–H groups in total. The van der Waals surface area contributed by atoms with Gasteiger partial charge in [0.05, 0.1) is 24.3 Å². The van der Waals surface area contributed by atoms with Crippen molar-refractivity contribution >= 4 is 33.8 Å². The minimum Gasteiger partial charge on any atom is -0.492 e. The lowest BCUT2D eigenvalue weighted by atomic mass is 10.00. The van der Waals surface area contributed by atoms with Gasteiger partial charge >= 0.3 is 12.1 Å². The van der Waals surface area contributed by atoms with Crippen LogP contribution < -0.4 is 9.04 Å². The number of nitrogens with zero attached hydrogens (tertiary/aromatic N) is 2. The second kappa shape index (κ2) is 10.6. The Labute approximate surface area is 225 Å². The molecular weight excluding hydrogens is 531 g/mol. The Balaban J connectivity index is 1.55. The molecule has 0 aromatic heterocycles. The van der Waals surface area contributed by atoms with Crippen LogP contribution in [0.15, 0.2) is 41.3 Å². The van der Waals surface area contributed by atoms with Gasteiger partial charge in [0.2, 0.25) is 0 Å². The Morgan fingerprint density at radius 2 is 2.08 bits per heavy atom. The molecule has 2 aromatic carbocycles. The van der Waals surface area contributed by atoms with Crippen LogP contribution in [0.5, 0.6) is 5.75 Å². The summed E-state index contributed by atoms with van der Waals surface area (Å²) in [4.78, 5) is 27.0. The number of likely N-dealkylation sites (tertiary alicyclic amines) is 1. The van der Waals surface area contributed by atoms with Gasteiger partial charge in [-0.15, -0.1) is 0 Å². The second-order valence-electron chi connectivity index (χ2n) is 10.0. The molecule has 10 nitrogen and oxygen atoms in total. The Hall–Kier alpha value is -3.48. The molecule has 2 heterocycles. The molecule has 12 heteroatoms. The van der Waals surface area contributed by atoms with Crippen LogP contribution in [0.3, 0.4) is 0 Å². The van der Waals surface area contributed by atoms with Gasteiger partial charge in [-0.3, -0.25) is 4.90 Å². The maximum atomic E-state index is 14.2. The summed E-state index contributed by atoms with van der Waals surface area (Å²) in [7, 11) is -3.80. The largest absolute Gasteiger partial charge is 0.492 e. The van der Waals surface area contributed by atoms with E-state index in [9.17, 15) is 32.6 Å². The van der Waals surface area contributed by atoms with Crippen LogP contribution in [0, 0.1) is 17.7 Å². The average molecular weight is 561 g/mol. The fourth-order valence-corrected chi connectivity index (χ4v) is 6.91. The first-order chi connectivity index (χ1) is 18.6. The third-order valence-electron chi connectivity index (χ3n) is 7.48. The van der Waals surface area contributed by atoms with Gasteiger partial charge in [0, 0.05) is 25.6 Å². The first kappa shape index (κ1) is 27.1. The van der Waals surface area contributed by atoms with Crippen molar-refractivity contribution in [3.63, 3.8) is 0 Å². The smallest absolute Gasteiger partial charge is 0.428 e. The lowest BCUT2D eigenvalue weighted by Crippen LogP contribution is -2.38. The van der Waals surface area contributed by atoms with Crippen molar-refractivity contribution in [2.75, 3.05) is 44.3 Å². The molecule has 1 amide bonds. The van der Waals surface area contributed by atoms with Gasteiger partial charge in [-0.1, -0.05) is 18.2 Å². The van der Waals surface area contributed by atoms with Crippen molar-refractivity contribution in [2.45, 2.75) is 23.7 Å². The Morgan fingerprint density at radius 1 is 1.28 bits per heavy atom. The summed E-state index contributed by atoms with van der Waals surface area (Å²) in [5, 5.41) is 19.4. The predicted octanol–water partition coefficient (Wildman–Crippen LogP) is 3.31. The van der Waals surface area contributed by atoms with E-state index < -0.39 is 44.0 Å². The number of carboxylic acids is 1. The molecule has 0 bridgehead atoms. The highest BCUT2D eigenvalue weighted by Gasteiger charge is 2.47. The number of carboxylic acid groups (broad SMARTS) is 1. The molecule has 1 aliphatic carbocycles. The first-order valence-corrected chi connectivity index (χ1v) is 14.0. The van der Waals surface area contributed by atoms with Crippen molar-refractivity contribution in [1.82, 2.24) is 4.90 Å². The van der Waals surface area contributed by atoms with Crippen LogP contribution in [0.4, 0.5) is 14.9 Å². The molecule has 0 spiro atoms. The predicted molar refractivity (Wildman–Crippen MR) is 139 cm³/mol. The first-order valence-electron chi connectivity index (χ1n) is 12.6. The van der Waals surface area contributed by atoms with Gasteiger partial charge in [0.1, 0.15) is 17.1 Å². The van der Waals surface area contributed by atoms with Gasteiger partial charge in [-0.25, -0.2) is 22.4 Å². The SMILES string of the molecule is COC(=O)N(c1ccc2c(c1C(=O)O)OC[C@@H]1C[C@H]21)S(=O)(=O)c1ccc(F)cc1/C=C\CN1CC[C@H](CO)C1. The summed E-state index contributed by atoms with van der Waals surface area (Å²) < 4.78 is 53.0. The monoisotopic (exact) mass is 560 g/mol. The number of aliphatic hydroxyl groups excluding tert-OH is 1. The van der Waals surface area contributed by atoms with E-state index in [0.29, 0.717) is 25.3 Å². The minimum atomic E-state index is -4.79. The third-order valence-corrected chi connectivity index (χ3v) is 9.24. The minimum absolute atomic E-state index is 0.0197. The Bertz CT molecular complexity index is 1440. The van der Waals surface area contributed by atoms with Gasteiger partial charge in [-0.05, 0) is 66.6 Å². The molecule has 1 saturated heterocycles. The van der Waals surface area contributed by atoms with Crippen LogP contribution in [0.1, 0.15) is 40.2 Å². The summed E-state index contributed by atoms with van der Waals surface area (Å²) >= 11 is 0. The summed E-state index contributed by atoms with van der Waals surface area (Å²) in [6.45, 7) is 2.28. The number of hydrogen-bond acceptors (Lipinski definition) is 8. The van der Waals surface area contributed by atoms with E-state index >= 15 is 0 Å². The standard InChI is InChI=1S/C27H29FN2O8S/c1-37-27(34)30(22-6-5-20-21-12-18(21)15-38-25(20)24(22)26(32)33)39(35,36)23-7-4-19(28)11-17(23)3-2-9-29-10-8-16(13-29)14-31/h2-7,11,16,18,21,31H,8-10,12-15H2,1H3,(H,32,33)/b3-2-/t16-,18-,21-/m0/s1. The average Bonchev–Trinajstić information content (AvgIpc) is 3.57. The Kier molecular flexibility index (Phi) is 7.36. The number of rotatable bonds is 8. The molecule has 39 heavy (non-hydrogen) atoms. The number of amides is 1. The zero-order chi connectivity index (χ0) is 27.9. The van der Waals surface area contributed by atoms with Crippen molar-refractivity contribution in [1.29, 1.82) is 0 Å². The number of anilines is 1. The summed E-state index contributed by atoms with van der Waals surface area (Å²) in [6.07, 6.45) is 3.48. The summed E-state index contributed by atoms with van der Waals surface area (Å²) in [5.74, 6) is -1.53. The van der Waals surface area contributed by atoms with E-state index in [0.717, 1.165) is 44.7 Å². The van der Waals surface area contributed by atoms with Gasteiger partial charge in [-0.2, -0.15) is 4.31 Å². The van der Waals surface area contributed by atoms with Gasteiger partial charge in [0.25, 0.3) is 10.0 Å². The third kappa shape index (κ3) is 5.11. The van der Waals surface area contributed by atoms with E-state index in [1.807, 2.05) is 0 Å². The molecule has 0 radical (unpaired) electrons. The van der Waals surface area contributed by atoms with Gasteiger partial charge < -0.3 is 19.7 Å². The fraction of sp³-hybridized carbons (Fsp3) is 0.407. The van der Waals surface area contributed by atoms with E-state index in [2.05, 4.69) is 4.90 Å². The molecule has 208 valence electrons. The van der Waals surface area contributed by atoms with Crippen LogP contribution in [0.2, 0.25) is 0 Å². The number of halogens is 1. The van der Waals surface area contributed by atoms with Crippen molar-refractivity contribution < 1.29 is 42.1 Å². The number of methoxy groups -OCH3 is 1. The highest BCUT2D eigenvalue weighted by Crippen LogP contribution is 2.55. The molecule has 2 fully saturated rings. The molecule has 3 atom stereocenters. The van der Waals surface area contributed by atoms with Crippen LogP contribution in [0.25, 0.3) is 6.08 Å². The van der Waals surface area contributed by atoms with Gasteiger partial charge in [0.15, 0.2) is 0 Å². The number of sulfonamides is 1. The number of carbonyl (C=O) groups excluding carboxylic acids is 1. The van der Waals surface area contributed by atoms with Crippen molar-refractivity contribution in [2.24, 2.45) is 11.8 Å². The lowest BCUT2D eigenvalue weighted by Gasteiger charge is -2.26. The number of fused-ring (bicyclic) bond motifs is 3. The zero-order valence-electron chi connectivity index (χ0n) is 21.2. The number of ether oxygens (including phenoxy) is 2.